The molecule has 1 saturated heterocycles. The lowest BCUT2D eigenvalue weighted by molar-refractivity contribution is 0.0947. The normalized spacial score (nSPS) is 21.6. The van der Waals surface area contributed by atoms with E-state index < -0.39 is 0 Å². The van der Waals surface area contributed by atoms with Crippen LogP contribution < -0.4 is 0 Å². The fourth-order valence-corrected chi connectivity index (χ4v) is 3.16. The zero-order valence-electron chi connectivity index (χ0n) is 11.0. The van der Waals surface area contributed by atoms with Crippen LogP contribution in [-0.2, 0) is 6.54 Å². The van der Waals surface area contributed by atoms with Crippen molar-refractivity contribution in [1.82, 2.24) is 9.80 Å². The minimum absolute atomic E-state index is 0.0692. The smallest absolute Gasteiger partial charge is 0.104 e. The van der Waals surface area contributed by atoms with Crippen molar-refractivity contribution >= 4 is 11.3 Å². The number of nitrogens with zero attached hydrogens (tertiary/aromatic N) is 2. The first-order valence-electron chi connectivity index (χ1n) is 6.29. The molecule has 1 aromatic heterocycles. The van der Waals surface area contributed by atoms with Crippen LogP contribution in [0, 0.1) is 11.8 Å². The number of likely N-dealkylation sites (N-methyl/N-ethyl adjacent to an activating group) is 1. The molecule has 4 heteroatoms. The summed E-state index contributed by atoms with van der Waals surface area (Å²) in [6.45, 7) is 6.56. The van der Waals surface area contributed by atoms with Crippen LogP contribution in [0.25, 0.3) is 0 Å². The topological polar surface area (TPSA) is 26.7 Å². The second-order valence-electron chi connectivity index (χ2n) is 4.80. The average Bonchev–Trinajstić information content (AvgIpc) is 2.77. The van der Waals surface area contributed by atoms with E-state index in [1.165, 1.54) is 4.88 Å². The molecular weight excluding hydrogens is 244 g/mol. The maximum absolute atomic E-state index is 8.76. The molecule has 1 atom stereocenters. The number of rotatable bonds is 2. The Morgan fingerprint density at radius 3 is 3.06 bits per heavy atom. The predicted octanol–water partition coefficient (Wildman–Crippen LogP) is 1.23. The Hall–Kier alpha value is -0.860. The molecule has 2 heterocycles. The summed E-state index contributed by atoms with van der Waals surface area (Å²) >= 11 is 1.76. The van der Waals surface area contributed by atoms with Gasteiger partial charge in [0.25, 0.3) is 0 Å². The number of piperazine rings is 1. The highest BCUT2D eigenvalue weighted by Gasteiger charge is 2.22. The Balaban J connectivity index is 2.03. The van der Waals surface area contributed by atoms with E-state index in [1.807, 2.05) is 6.07 Å². The van der Waals surface area contributed by atoms with Crippen molar-refractivity contribution < 1.29 is 5.11 Å². The Labute approximate surface area is 113 Å². The minimum Gasteiger partial charge on any atom is -0.384 e. The Bertz CT molecular complexity index is 446. The van der Waals surface area contributed by atoms with Crippen LogP contribution >= 0.6 is 11.3 Å². The van der Waals surface area contributed by atoms with E-state index in [0.29, 0.717) is 6.04 Å². The number of thiophene rings is 1. The molecule has 0 spiro atoms. The molecule has 1 unspecified atom stereocenters. The van der Waals surface area contributed by atoms with Gasteiger partial charge in [-0.25, -0.2) is 0 Å². The highest BCUT2D eigenvalue weighted by atomic mass is 32.1. The lowest BCUT2D eigenvalue weighted by Gasteiger charge is -2.38. The molecule has 98 valence electrons. The minimum atomic E-state index is -0.0692. The largest absolute Gasteiger partial charge is 0.384 e. The summed E-state index contributed by atoms with van der Waals surface area (Å²) < 4.78 is 0. The van der Waals surface area contributed by atoms with Crippen molar-refractivity contribution in [3.8, 4) is 11.8 Å². The quantitative estimate of drug-likeness (QED) is 0.814. The van der Waals surface area contributed by atoms with E-state index in [1.54, 1.807) is 11.3 Å². The van der Waals surface area contributed by atoms with Crippen LogP contribution in [0.2, 0.25) is 0 Å². The Kier molecular flexibility index (Phi) is 4.79. The Morgan fingerprint density at radius 1 is 1.50 bits per heavy atom. The summed E-state index contributed by atoms with van der Waals surface area (Å²) in [5.74, 6) is 5.76. The van der Waals surface area contributed by atoms with E-state index in [2.05, 4.69) is 41.0 Å². The zero-order chi connectivity index (χ0) is 13.0. The molecular formula is C14H20N2OS. The lowest BCUT2D eigenvalue weighted by Crippen LogP contribution is -2.49. The first-order valence-corrected chi connectivity index (χ1v) is 7.17. The summed E-state index contributed by atoms with van der Waals surface area (Å²) in [5, 5.41) is 10.8. The van der Waals surface area contributed by atoms with Crippen LogP contribution in [0.5, 0.6) is 0 Å². The van der Waals surface area contributed by atoms with E-state index in [9.17, 15) is 0 Å². The molecule has 1 aliphatic rings. The fraction of sp³-hybridized carbons (Fsp3) is 0.571. The number of hydrogen-bond acceptors (Lipinski definition) is 4. The van der Waals surface area contributed by atoms with Crippen LogP contribution in [-0.4, -0.2) is 54.2 Å². The first kappa shape index (κ1) is 13.6. The third-order valence-corrected chi connectivity index (χ3v) is 4.27. The molecule has 0 amide bonds. The van der Waals surface area contributed by atoms with Crippen LogP contribution in [0.15, 0.2) is 11.4 Å². The van der Waals surface area contributed by atoms with Crippen molar-refractivity contribution in [2.75, 3.05) is 33.3 Å². The number of aliphatic hydroxyl groups is 1. The van der Waals surface area contributed by atoms with Crippen LogP contribution in [0.1, 0.15) is 17.4 Å². The molecule has 0 radical (unpaired) electrons. The van der Waals surface area contributed by atoms with Gasteiger partial charge in [-0.1, -0.05) is 11.8 Å². The van der Waals surface area contributed by atoms with Gasteiger partial charge in [0.15, 0.2) is 0 Å². The molecule has 0 saturated carbocycles. The lowest BCUT2D eigenvalue weighted by atomic mass is 10.1. The standard InChI is InChI=1S/C14H20N2OS/c1-12-10-15(2)6-7-16(12)11-14-13(4-3-8-17)5-9-18-14/h5,9,12,17H,6-8,10-11H2,1-2H3. The molecule has 3 nitrogen and oxygen atoms in total. The third kappa shape index (κ3) is 3.33. The molecule has 1 aliphatic heterocycles. The average molecular weight is 264 g/mol. The maximum atomic E-state index is 8.76. The molecule has 1 fully saturated rings. The summed E-state index contributed by atoms with van der Waals surface area (Å²) in [5.41, 5.74) is 1.07. The summed E-state index contributed by atoms with van der Waals surface area (Å²) in [6, 6.07) is 2.63. The number of hydrogen-bond donors (Lipinski definition) is 1. The Morgan fingerprint density at radius 2 is 2.33 bits per heavy atom. The SMILES string of the molecule is CC1CN(C)CCN1Cc1sccc1C#CCO. The van der Waals surface area contributed by atoms with Gasteiger partial charge in [0.1, 0.15) is 6.61 Å². The molecule has 0 aliphatic carbocycles. The van der Waals surface area contributed by atoms with Crippen molar-refractivity contribution in [2.45, 2.75) is 19.5 Å². The van der Waals surface area contributed by atoms with Gasteiger partial charge < -0.3 is 10.0 Å². The van der Waals surface area contributed by atoms with Gasteiger partial charge >= 0.3 is 0 Å². The predicted molar refractivity (Wildman–Crippen MR) is 75.7 cm³/mol. The van der Waals surface area contributed by atoms with Crippen molar-refractivity contribution in [3.63, 3.8) is 0 Å². The van der Waals surface area contributed by atoms with Crippen molar-refractivity contribution in [2.24, 2.45) is 0 Å². The second-order valence-corrected chi connectivity index (χ2v) is 5.80. The molecule has 1 aromatic rings. The second kappa shape index (κ2) is 6.35. The third-order valence-electron chi connectivity index (χ3n) is 3.36. The fourth-order valence-electron chi connectivity index (χ4n) is 2.31. The molecule has 18 heavy (non-hydrogen) atoms. The van der Waals surface area contributed by atoms with E-state index in [4.69, 9.17) is 5.11 Å². The monoisotopic (exact) mass is 264 g/mol. The van der Waals surface area contributed by atoms with Gasteiger partial charge in [0.05, 0.1) is 0 Å². The van der Waals surface area contributed by atoms with Gasteiger partial charge in [-0.05, 0) is 25.4 Å². The summed E-state index contributed by atoms with van der Waals surface area (Å²) in [4.78, 5) is 6.20. The molecule has 0 bridgehead atoms. The van der Waals surface area contributed by atoms with Crippen LogP contribution in [0.4, 0.5) is 0 Å². The van der Waals surface area contributed by atoms with E-state index in [-0.39, 0.29) is 6.61 Å². The molecule has 0 aromatic carbocycles. The summed E-state index contributed by atoms with van der Waals surface area (Å²) in [6.07, 6.45) is 0. The molecule has 2 rings (SSSR count). The number of aliphatic hydroxyl groups excluding tert-OH is 1. The zero-order valence-corrected chi connectivity index (χ0v) is 11.8. The maximum Gasteiger partial charge on any atom is 0.104 e. The van der Waals surface area contributed by atoms with Crippen molar-refractivity contribution in [3.05, 3.63) is 21.9 Å². The van der Waals surface area contributed by atoms with Gasteiger partial charge in [0, 0.05) is 42.7 Å². The first-order chi connectivity index (χ1) is 8.70. The summed E-state index contributed by atoms with van der Waals surface area (Å²) in [7, 11) is 2.18. The van der Waals surface area contributed by atoms with Gasteiger partial charge in [-0.15, -0.1) is 11.3 Å². The highest BCUT2D eigenvalue weighted by Crippen LogP contribution is 2.20. The van der Waals surface area contributed by atoms with Gasteiger partial charge in [-0.2, -0.15) is 0 Å². The van der Waals surface area contributed by atoms with Gasteiger partial charge in [-0.3, -0.25) is 4.90 Å². The molecule has 1 N–H and O–H groups in total. The van der Waals surface area contributed by atoms with E-state index in [0.717, 1.165) is 31.7 Å². The van der Waals surface area contributed by atoms with E-state index >= 15 is 0 Å². The van der Waals surface area contributed by atoms with Gasteiger partial charge in [0.2, 0.25) is 0 Å². The highest BCUT2D eigenvalue weighted by molar-refractivity contribution is 7.10. The van der Waals surface area contributed by atoms with Crippen LogP contribution in [0.3, 0.4) is 0 Å². The van der Waals surface area contributed by atoms with Crippen molar-refractivity contribution in [1.29, 1.82) is 0 Å².